The second-order valence-corrected chi connectivity index (χ2v) is 2.61. The van der Waals surface area contributed by atoms with Gasteiger partial charge < -0.3 is 5.11 Å². The molecule has 0 spiro atoms. The second kappa shape index (κ2) is 2.36. The summed E-state index contributed by atoms with van der Waals surface area (Å²) >= 11 is 0. The highest BCUT2D eigenvalue weighted by Crippen LogP contribution is 2.20. The zero-order chi connectivity index (χ0) is 6.85. The van der Waals surface area contributed by atoms with Gasteiger partial charge >= 0.3 is 0 Å². The normalized spacial score (nSPS) is 21.2. The van der Waals surface area contributed by atoms with Crippen LogP contribution in [0.5, 0.6) is 0 Å². The van der Waals surface area contributed by atoms with E-state index in [-0.39, 0.29) is 6.10 Å². The van der Waals surface area contributed by atoms with E-state index in [1.807, 2.05) is 6.08 Å². The highest BCUT2D eigenvalue weighted by Gasteiger charge is 2.08. The van der Waals surface area contributed by atoms with Crippen molar-refractivity contribution in [3.63, 3.8) is 0 Å². The van der Waals surface area contributed by atoms with Crippen molar-refractivity contribution in [2.24, 2.45) is 0 Å². The molecule has 0 amide bonds. The molecule has 0 aromatic heterocycles. The molecule has 0 aromatic carbocycles. The van der Waals surface area contributed by atoms with Crippen LogP contribution >= 0.6 is 0 Å². The van der Waals surface area contributed by atoms with Crippen molar-refractivity contribution in [2.45, 2.75) is 26.4 Å². The molecule has 1 aliphatic carbocycles. The summed E-state index contributed by atoms with van der Waals surface area (Å²) in [5.74, 6) is 0. The Bertz CT molecular complexity index is 163. The Hall–Kier alpha value is -0.560. The molecule has 1 N–H and O–H groups in total. The summed E-state index contributed by atoms with van der Waals surface area (Å²) in [5.41, 5.74) is 2.47. The summed E-state index contributed by atoms with van der Waals surface area (Å²) in [5, 5.41) is 9.07. The predicted molar refractivity (Wildman–Crippen MR) is 38.1 cm³/mol. The lowest BCUT2D eigenvalue weighted by atomic mass is 10.1. The molecule has 9 heavy (non-hydrogen) atoms. The monoisotopic (exact) mass is 124 g/mol. The van der Waals surface area contributed by atoms with Gasteiger partial charge in [-0.05, 0) is 25.8 Å². The lowest BCUT2D eigenvalue weighted by Crippen LogP contribution is -2.01. The number of aliphatic hydroxyl groups is 1. The van der Waals surface area contributed by atoms with E-state index in [4.69, 9.17) is 5.11 Å². The van der Waals surface area contributed by atoms with Crippen LogP contribution in [0.3, 0.4) is 0 Å². The summed E-state index contributed by atoms with van der Waals surface area (Å²) in [6.07, 6.45) is 4.75. The Morgan fingerprint density at radius 3 is 2.44 bits per heavy atom. The minimum atomic E-state index is -0.265. The van der Waals surface area contributed by atoms with Crippen LogP contribution in [-0.4, -0.2) is 11.2 Å². The molecule has 1 aliphatic rings. The first-order valence-corrected chi connectivity index (χ1v) is 3.24. The van der Waals surface area contributed by atoms with Gasteiger partial charge in [-0.1, -0.05) is 17.7 Å². The molecule has 1 rings (SSSR count). The topological polar surface area (TPSA) is 20.2 Å². The first kappa shape index (κ1) is 6.56. The average molecular weight is 124 g/mol. The zero-order valence-electron chi connectivity index (χ0n) is 5.89. The summed E-state index contributed by atoms with van der Waals surface area (Å²) in [4.78, 5) is 0. The van der Waals surface area contributed by atoms with Gasteiger partial charge in [-0.3, -0.25) is 0 Å². The van der Waals surface area contributed by atoms with E-state index in [0.717, 1.165) is 12.0 Å². The minimum Gasteiger partial charge on any atom is -0.389 e. The van der Waals surface area contributed by atoms with Gasteiger partial charge in [0.05, 0.1) is 6.10 Å². The Morgan fingerprint density at radius 1 is 1.56 bits per heavy atom. The van der Waals surface area contributed by atoms with E-state index in [9.17, 15) is 0 Å². The lowest BCUT2D eigenvalue weighted by Gasteiger charge is -2.03. The van der Waals surface area contributed by atoms with Gasteiger partial charge in [0.15, 0.2) is 0 Å². The molecule has 0 fully saturated rings. The van der Waals surface area contributed by atoms with Crippen LogP contribution in [0.2, 0.25) is 0 Å². The van der Waals surface area contributed by atoms with E-state index in [0.29, 0.717) is 0 Å². The maximum atomic E-state index is 9.07. The molecule has 0 aliphatic heterocycles. The Labute approximate surface area is 55.7 Å². The molecule has 1 atom stereocenters. The van der Waals surface area contributed by atoms with Crippen molar-refractivity contribution in [2.75, 3.05) is 0 Å². The largest absolute Gasteiger partial charge is 0.389 e. The van der Waals surface area contributed by atoms with Crippen LogP contribution in [-0.2, 0) is 0 Å². The third-order valence-electron chi connectivity index (χ3n) is 1.60. The molecular formula is C8H12O. The first-order chi connectivity index (χ1) is 4.20. The van der Waals surface area contributed by atoms with Gasteiger partial charge in [-0.2, -0.15) is 0 Å². The number of hydrogen-bond acceptors (Lipinski definition) is 1. The summed E-state index contributed by atoms with van der Waals surface area (Å²) in [7, 11) is 0. The van der Waals surface area contributed by atoms with Crippen molar-refractivity contribution >= 4 is 0 Å². The molecular weight excluding hydrogens is 112 g/mol. The molecule has 0 aromatic rings. The summed E-state index contributed by atoms with van der Waals surface area (Å²) in [6.45, 7) is 3.88. The van der Waals surface area contributed by atoms with E-state index in [1.165, 1.54) is 5.57 Å². The molecule has 0 saturated carbocycles. The third kappa shape index (κ3) is 1.42. The molecule has 1 heteroatoms. The molecule has 0 radical (unpaired) electrons. The fourth-order valence-electron chi connectivity index (χ4n) is 0.976. The SMILES string of the molecule is CC1=CC=C(C(C)O)C1. The van der Waals surface area contributed by atoms with Crippen LogP contribution < -0.4 is 0 Å². The van der Waals surface area contributed by atoms with Gasteiger partial charge in [0.25, 0.3) is 0 Å². The highest BCUT2D eigenvalue weighted by molar-refractivity contribution is 5.30. The molecule has 0 heterocycles. The van der Waals surface area contributed by atoms with E-state index < -0.39 is 0 Å². The van der Waals surface area contributed by atoms with Crippen molar-refractivity contribution < 1.29 is 5.11 Å². The molecule has 50 valence electrons. The number of allylic oxidation sites excluding steroid dienone is 3. The maximum Gasteiger partial charge on any atom is 0.0728 e. The van der Waals surface area contributed by atoms with E-state index in [1.54, 1.807) is 6.92 Å². The highest BCUT2D eigenvalue weighted by atomic mass is 16.3. The zero-order valence-corrected chi connectivity index (χ0v) is 5.89. The van der Waals surface area contributed by atoms with Crippen molar-refractivity contribution in [1.29, 1.82) is 0 Å². The molecule has 0 bridgehead atoms. The summed E-state index contributed by atoms with van der Waals surface area (Å²) in [6, 6.07) is 0. The van der Waals surface area contributed by atoms with Crippen LogP contribution in [0.15, 0.2) is 23.3 Å². The van der Waals surface area contributed by atoms with Gasteiger partial charge in [0.1, 0.15) is 0 Å². The van der Waals surface area contributed by atoms with Crippen LogP contribution in [0, 0.1) is 0 Å². The van der Waals surface area contributed by atoms with Crippen LogP contribution in [0.1, 0.15) is 20.3 Å². The van der Waals surface area contributed by atoms with E-state index in [2.05, 4.69) is 13.0 Å². The lowest BCUT2D eigenvalue weighted by molar-refractivity contribution is 0.229. The van der Waals surface area contributed by atoms with E-state index >= 15 is 0 Å². The maximum absolute atomic E-state index is 9.07. The fraction of sp³-hybridized carbons (Fsp3) is 0.500. The standard InChI is InChI=1S/C8H12O/c1-6-3-4-8(5-6)7(2)9/h3-4,7,9H,5H2,1-2H3. The Balaban J connectivity index is 2.54. The van der Waals surface area contributed by atoms with Crippen LogP contribution in [0.25, 0.3) is 0 Å². The Kier molecular flexibility index (Phi) is 1.72. The first-order valence-electron chi connectivity index (χ1n) is 3.24. The molecule has 1 unspecified atom stereocenters. The fourth-order valence-corrected chi connectivity index (χ4v) is 0.976. The average Bonchev–Trinajstić information content (AvgIpc) is 2.14. The minimum absolute atomic E-state index is 0.265. The number of hydrogen-bond donors (Lipinski definition) is 1. The number of rotatable bonds is 1. The molecule has 1 nitrogen and oxygen atoms in total. The smallest absolute Gasteiger partial charge is 0.0728 e. The molecule has 0 saturated heterocycles. The van der Waals surface area contributed by atoms with Crippen molar-refractivity contribution in [1.82, 2.24) is 0 Å². The van der Waals surface area contributed by atoms with Crippen molar-refractivity contribution in [3.05, 3.63) is 23.3 Å². The quantitative estimate of drug-likeness (QED) is 0.563. The Morgan fingerprint density at radius 2 is 2.22 bits per heavy atom. The van der Waals surface area contributed by atoms with Crippen molar-refractivity contribution in [3.8, 4) is 0 Å². The second-order valence-electron chi connectivity index (χ2n) is 2.61. The predicted octanol–water partition coefficient (Wildman–Crippen LogP) is 1.64. The van der Waals surface area contributed by atoms with Gasteiger partial charge in [0, 0.05) is 0 Å². The third-order valence-corrected chi connectivity index (χ3v) is 1.60. The van der Waals surface area contributed by atoms with Gasteiger partial charge in [0.2, 0.25) is 0 Å². The van der Waals surface area contributed by atoms with Gasteiger partial charge in [-0.25, -0.2) is 0 Å². The number of aliphatic hydroxyl groups excluding tert-OH is 1. The van der Waals surface area contributed by atoms with Crippen LogP contribution in [0.4, 0.5) is 0 Å². The van der Waals surface area contributed by atoms with Gasteiger partial charge in [-0.15, -0.1) is 0 Å². The summed E-state index contributed by atoms with van der Waals surface area (Å²) < 4.78 is 0.